The zero-order chi connectivity index (χ0) is 26.0. The molecule has 0 aliphatic carbocycles. The van der Waals surface area contributed by atoms with E-state index in [1.165, 1.54) is 24.3 Å². The Hall–Kier alpha value is -3.22. The molecule has 36 heavy (non-hydrogen) atoms. The van der Waals surface area contributed by atoms with Gasteiger partial charge in [-0.15, -0.1) is 0 Å². The van der Waals surface area contributed by atoms with Crippen molar-refractivity contribution < 1.29 is 31.8 Å². The lowest BCUT2D eigenvalue weighted by atomic mass is 10.1. The van der Waals surface area contributed by atoms with Crippen LogP contribution in [0, 0.1) is 5.82 Å². The maximum atomic E-state index is 14.0. The van der Waals surface area contributed by atoms with Gasteiger partial charge in [0.2, 0.25) is 11.1 Å². The van der Waals surface area contributed by atoms with Crippen LogP contribution in [0.5, 0.6) is 17.4 Å². The summed E-state index contributed by atoms with van der Waals surface area (Å²) in [5, 5.41) is -0.205. The number of aromatic nitrogens is 2. The van der Waals surface area contributed by atoms with Gasteiger partial charge in [0.25, 0.3) is 11.8 Å². The molecule has 13 heteroatoms. The molecule has 0 radical (unpaired) electrons. The summed E-state index contributed by atoms with van der Waals surface area (Å²) in [4.78, 5) is 21.5. The fourth-order valence-electron chi connectivity index (χ4n) is 3.14. The van der Waals surface area contributed by atoms with Crippen LogP contribution in [0.1, 0.15) is 18.1 Å². The first-order valence-corrected chi connectivity index (χ1v) is 11.7. The lowest BCUT2D eigenvalue weighted by molar-refractivity contribution is -0.137. The lowest BCUT2D eigenvalue weighted by Gasteiger charge is -2.16. The van der Waals surface area contributed by atoms with Crippen molar-refractivity contribution in [2.24, 2.45) is 0 Å². The minimum absolute atomic E-state index is 0.0139. The average Bonchev–Trinajstić information content (AvgIpc) is 3.10. The smallest absolute Gasteiger partial charge is 0.416 e. The van der Waals surface area contributed by atoms with Gasteiger partial charge in [0.05, 0.1) is 29.0 Å². The third-order valence-electron chi connectivity index (χ3n) is 4.68. The topological polar surface area (TPSA) is 64.5 Å². The summed E-state index contributed by atoms with van der Waals surface area (Å²) < 4.78 is 64.5. The molecule has 186 valence electrons. The molecular weight excluding hydrogens is 542 g/mol. The molecule has 0 bridgehead atoms. The first-order chi connectivity index (χ1) is 17.1. The van der Waals surface area contributed by atoms with E-state index in [0.717, 1.165) is 35.0 Å². The van der Waals surface area contributed by atoms with Crippen LogP contribution in [-0.4, -0.2) is 26.8 Å². The molecule has 1 saturated heterocycles. The van der Waals surface area contributed by atoms with Crippen LogP contribution in [-0.2, 0) is 11.0 Å². The molecule has 2 aromatic carbocycles. The SMILES string of the molecule is CCOc1cc(/C=C2\SC(=S)N(c3cccc(C(F)(F)F)c3)C2=O)ccc1Oc1nc(Cl)ncc1F. The highest BCUT2D eigenvalue weighted by Gasteiger charge is 2.36. The van der Waals surface area contributed by atoms with Gasteiger partial charge in [-0.25, -0.2) is 4.98 Å². The lowest BCUT2D eigenvalue weighted by Crippen LogP contribution is -2.27. The Morgan fingerprint density at radius 1 is 1.19 bits per heavy atom. The van der Waals surface area contributed by atoms with E-state index in [0.29, 0.717) is 5.56 Å². The monoisotopic (exact) mass is 555 g/mol. The molecule has 0 N–H and O–H groups in total. The van der Waals surface area contributed by atoms with Crippen molar-refractivity contribution in [3.8, 4) is 17.4 Å². The van der Waals surface area contributed by atoms with Gasteiger partial charge in [-0.3, -0.25) is 9.69 Å². The molecule has 0 unspecified atom stereocenters. The van der Waals surface area contributed by atoms with Crippen molar-refractivity contribution in [3.05, 3.63) is 75.8 Å². The molecular formula is C23H14ClF4N3O3S2. The first kappa shape index (κ1) is 25.9. The number of hydrogen-bond donors (Lipinski definition) is 0. The second kappa shape index (κ2) is 10.4. The Kier molecular flexibility index (Phi) is 7.48. The summed E-state index contributed by atoms with van der Waals surface area (Å²) in [5.41, 5.74) is -0.368. The van der Waals surface area contributed by atoms with Crippen LogP contribution in [0.25, 0.3) is 6.08 Å². The highest BCUT2D eigenvalue weighted by molar-refractivity contribution is 8.27. The Balaban J connectivity index is 1.62. The number of ether oxygens (including phenoxy) is 2. The molecule has 0 atom stereocenters. The van der Waals surface area contributed by atoms with Gasteiger partial charge in [0.15, 0.2) is 15.8 Å². The van der Waals surface area contributed by atoms with Crippen molar-refractivity contribution in [2.45, 2.75) is 13.1 Å². The standard InChI is InChI=1S/C23H14ClF4N3O3S2/c1-2-33-17-8-12(6-7-16(17)34-19-15(25)11-29-21(24)30-19)9-18-20(32)31(22(35)36-18)14-5-3-4-13(10-14)23(26,27)28/h3-11H,2H2,1H3/b18-9-. The largest absolute Gasteiger partial charge is 0.490 e. The summed E-state index contributed by atoms with van der Waals surface area (Å²) in [6.07, 6.45) is -2.18. The Morgan fingerprint density at radius 3 is 2.69 bits per heavy atom. The second-order valence-electron chi connectivity index (χ2n) is 7.10. The van der Waals surface area contributed by atoms with Crippen LogP contribution in [0.3, 0.4) is 0 Å². The van der Waals surface area contributed by atoms with E-state index in [1.54, 1.807) is 19.1 Å². The van der Waals surface area contributed by atoms with Gasteiger partial charge in [-0.2, -0.15) is 22.5 Å². The van der Waals surface area contributed by atoms with Crippen molar-refractivity contribution in [2.75, 3.05) is 11.5 Å². The number of hydrogen-bond acceptors (Lipinski definition) is 7. The van der Waals surface area contributed by atoms with Gasteiger partial charge >= 0.3 is 6.18 Å². The summed E-state index contributed by atoms with van der Waals surface area (Å²) >= 11 is 11.9. The third kappa shape index (κ3) is 5.61. The van der Waals surface area contributed by atoms with Crippen molar-refractivity contribution >= 4 is 57.6 Å². The molecule has 3 aromatic rings. The van der Waals surface area contributed by atoms with Crippen LogP contribution in [0.4, 0.5) is 23.2 Å². The molecule has 6 nitrogen and oxygen atoms in total. The highest BCUT2D eigenvalue weighted by atomic mass is 35.5. The van der Waals surface area contributed by atoms with Gasteiger partial charge in [0, 0.05) is 0 Å². The van der Waals surface area contributed by atoms with Gasteiger partial charge in [0.1, 0.15) is 0 Å². The number of rotatable bonds is 6. The van der Waals surface area contributed by atoms with Crippen molar-refractivity contribution in [1.82, 2.24) is 9.97 Å². The fraction of sp³-hybridized carbons (Fsp3) is 0.130. The molecule has 1 aliphatic heterocycles. The van der Waals surface area contributed by atoms with Gasteiger partial charge in [-0.05, 0) is 60.5 Å². The van der Waals surface area contributed by atoms with E-state index in [9.17, 15) is 22.4 Å². The van der Waals surface area contributed by atoms with E-state index >= 15 is 0 Å². The number of thioether (sulfide) groups is 1. The number of benzene rings is 2. The number of alkyl halides is 3. The van der Waals surface area contributed by atoms with Crippen molar-refractivity contribution in [1.29, 1.82) is 0 Å². The minimum Gasteiger partial charge on any atom is -0.490 e. The summed E-state index contributed by atoms with van der Waals surface area (Å²) in [6.45, 7) is 1.99. The zero-order valence-electron chi connectivity index (χ0n) is 18.2. The van der Waals surface area contributed by atoms with Crippen LogP contribution in [0.15, 0.2) is 53.6 Å². The van der Waals surface area contributed by atoms with Crippen LogP contribution < -0.4 is 14.4 Å². The maximum Gasteiger partial charge on any atom is 0.416 e. The number of carbonyl (C=O) groups excluding carboxylic acids is 1. The van der Waals surface area contributed by atoms with E-state index < -0.39 is 29.3 Å². The number of carbonyl (C=O) groups is 1. The number of anilines is 1. The molecule has 0 spiro atoms. The average molecular weight is 556 g/mol. The van der Waals surface area contributed by atoms with E-state index in [1.807, 2.05) is 0 Å². The Bertz CT molecular complexity index is 1380. The fourth-order valence-corrected chi connectivity index (χ4v) is 4.56. The maximum absolute atomic E-state index is 14.0. The zero-order valence-corrected chi connectivity index (χ0v) is 20.6. The quantitative estimate of drug-likeness (QED) is 0.142. The highest BCUT2D eigenvalue weighted by Crippen LogP contribution is 2.39. The summed E-state index contributed by atoms with van der Waals surface area (Å²) in [7, 11) is 0. The Labute approximate surface area is 216 Å². The second-order valence-corrected chi connectivity index (χ2v) is 9.11. The molecule has 1 aromatic heterocycles. The predicted octanol–water partition coefficient (Wildman–Crippen LogP) is 6.88. The number of amides is 1. The normalized spacial score (nSPS) is 15.1. The summed E-state index contributed by atoms with van der Waals surface area (Å²) in [5.74, 6) is -1.43. The number of thiocarbonyl (C=S) groups is 1. The van der Waals surface area contributed by atoms with Crippen molar-refractivity contribution in [3.63, 3.8) is 0 Å². The number of halogens is 5. The summed E-state index contributed by atoms with van der Waals surface area (Å²) in [6, 6.07) is 8.98. The predicted molar refractivity (Wildman–Crippen MR) is 132 cm³/mol. The Morgan fingerprint density at radius 2 is 1.97 bits per heavy atom. The van der Waals surface area contributed by atoms with E-state index in [4.69, 9.17) is 33.3 Å². The minimum atomic E-state index is -4.56. The van der Waals surface area contributed by atoms with Crippen LogP contribution in [0.2, 0.25) is 5.28 Å². The third-order valence-corrected chi connectivity index (χ3v) is 6.16. The molecule has 1 amide bonds. The number of nitrogens with zero attached hydrogens (tertiary/aromatic N) is 3. The van der Waals surface area contributed by atoms with Crippen LogP contribution >= 0.6 is 35.6 Å². The van der Waals surface area contributed by atoms with E-state index in [-0.39, 0.29) is 38.3 Å². The van der Waals surface area contributed by atoms with Gasteiger partial charge in [-0.1, -0.05) is 36.1 Å². The molecule has 4 rings (SSSR count). The van der Waals surface area contributed by atoms with Gasteiger partial charge < -0.3 is 9.47 Å². The molecule has 1 aliphatic rings. The first-order valence-electron chi connectivity index (χ1n) is 10.1. The molecule has 0 saturated carbocycles. The molecule has 2 heterocycles. The van der Waals surface area contributed by atoms with E-state index in [2.05, 4.69) is 9.97 Å². The molecule has 1 fully saturated rings.